The summed E-state index contributed by atoms with van der Waals surface area (Å²) < 4.78 is 0. The third kappa shape index (κ3) is 20.8. The predicted octanol–water partition coefficient (Wildman–Crippen LogP) is 2.29. The van der Waals surface area contributed by atoms with E-state index in [2.05, 4.69) is 12.2 Å². The number of hydrogen-bond acceptors (Lipinski definition) is 5. The van der Waals surface area contributed by atoms with Crippen molar-refractivity contribution in [3.05, 3.63) is 0 Å². The molecule has 0 saturated carbocycles. The highest BCUT2D eigenvalue weighted by Crippen LogP contribution is 2.11. The minimum absolute atomic E-state index is 0. The Balaban J connectivity index is -0.00000242. The molecule has 0 unspecified atom stereocenters. The Kier molecular flexibility index (Phi) is 23.9. The van der Waals surface area contributed by atoms with Gasteiger partial charge in [0, 0.05) is 12.4 Å². The normalized spacial score (nSPS) is 11.2. The van der Waals surface area contributed by atoms with Crippen LogP contribution in [0, 0.1) is 0 Å². The minimum Gasteiger partial charge on any atom is -0.550 e. The van der Waals surface area contributed by atoms with E-state index in [0.717, 1.165) is 19.3 Å². The smallest absolute Gasteiger partial charge is 0.0588 e. The van der Waals surface area contributed by atoms with Gasteiger partial charge >= 0.3 is 0 Å². The van der Waals surface area contributed by atoms with E-state index in [4.69, 9.17) is 0 Å². The van der Waals surface area contributed by atoms with Crippen LogP contribution in [0.5, 0.6) is 0 Å². The maximum Gasteiger partial charge on any atom is 0.0588 e. The third-order valence-corrected chi connectivity index (χ3v) is 4.08. The van der Waals surface area contributed by atoms with Crippen LogP contribution < -0.4 is 27.8 Å². The lowest BCUT2D eigenvalue weighted by atomic mass is 10.1. The van der Waals surface area contributed by atoms with Gasteiger partial charge in [0.25, 0.3) is 0 Å². The first kappa shape index (κ1) is 28.6. The van der Waals surface area contributed by atoms with E-state index in [1.807, 2.05) is 0 Å². The molecule has 0 aromatic carbocycles. The Morgan fingerprint density at radius 3 is 1.52 bits per heavy atom. The quantitative estimate of drug-likeness (QED) is 0.337. The molecule has 0 aromatic heterocycles. The summed E-state index contributed by atoms with van der Waals surface area (Å²) in [5, 5.41) is 23.8. The lowest BCUT2D eigenvalue weighted by Gasteiger charge is -2.20. The van der Waals surface area contributed by atoms with Crippen LogP contribution in [0.15, 0.2) is 0 Å². The maximum absolute atomic E-state index is 10.7. The van der Waals surface area contributed by atoms with Crippen LogP contribution in [0.2, 0.25) is 0 Å². The number of rotatable bonds is 17. The van der Waals surface area contributed by atoms with E-state index in [1.54, 1.807) is 0 Å². The van der Waals surface area contributed by atoms with Crippen molar-refractivity contribution >= 4 is 11.9 Å². The summed E-state index contributed by atoms with van der Waals surface area (Å²) in [5.74, 6) is -2.76. The second-order valence-electron chi connectivity index (χ2n) is 6.29. The van der Waals surface area contributed by atoms with Gasteiger partial charge in [-0.15, -0.1) is 0 Å². The van der Waals surface area contributed by atoms with Gasteiger partial charge in [-0.3, -0.25) is 0 Å². The summed E-state index contributed by atoms with van der Waals surface area (Å²) in [4.78, 5) is 21.1. The molecule has 0 heterocycles. The number of quaternary nitrogens is 2. The van der Waals surface area contributed by atoms with E-state index >= 15 is 0 Å². The van der Waals surface area contributed by atoms with E-state index in [1.165, 1.54) is 57.8 Å². The average Bonchev–Trinajstić information content (AvgIpc) is 2.50. The Hall–Kier alpha value is -1.18. The molecular weight excluding hydrogens is 322 g/mol. The van der Waals surface area contributed by atoms with Gasteiger partial charge in [-0.05, 0) is 13.0 Å². The Morgan fingerprint density at radius 2 is 1.16 bits per heavy atom. The van der Waals surface area contributed by atoms with Gasteiger partial charge in [-0.25, -0.2) is 0 Å². The van der Waals surface area contributed by atoms with Gasteiger partial charge in [0.15, 0.2) is 0 Å². The van der Waals surface area contributed by atoms with E-state index in [0.29, 0.717) is 6.54 Å². The molecule has 25 heavy (non-hydrogen) atoms. The number of carboxylic acid groups (broad SMARTS) is 2. The van der Waals surface area contributed by atoms with Gasteiger partial charge in [0.1, 0.15) is 0 Å². The maximum atomic E-state index is 10.7. The highest BCUT2D eigenvalue weighted by atomic mass is 16.4. The van der Waals surface area contributed by atoms with Gasteiger partial charge in [-0.2, -0.15) is 0 Å². The van der Waals surface area contributed by atoms with Gasteiger partial charge in [-0.1, -0.05) is 77.6 Å². The lowest BCUT2D eigenvalue weighted by molar-refractivity contribution is -0.317. The molecule has 0 aromatic rings. The fraction of sp³-hybridized carbons (Fsp3) is 0.889. The highest BCUT2D eigenvalue weighted by Gasteiger charge is 2.08. The zero-order valence-corrected chi connectivity index (χ0v) is 16.6. The fourth-order valence-electron chi connectivity index (χ4n) is 2.65. The molecule has 0 radical (unpaired) electrons. The van der Waals surface area contributed by atoms with E-state index < -0.39 is 24.4 Å². The Bertz CT molecular complexity index is 315. The van der Waals surface area contributed by atoms with Gasteiger partial charge in [0.05, 0.1) is 12.0 Å². The van der Waals surface area contributed by atoms with Crippen molar-refractivity contribution in [2.75, 3.05) is 6.54 Å². The van der Waals surface area contributed by atoms with Crippen molar-refractivity contribution in [1.82, 2.24) is 17.6 Å². The van der Waals surface area contributed by atoms with Crippen LogP contribution >= 0.6 is 0 Å². The first-order valence-electron chi connectivity index (χ1n) is 9.22. The van der Waals surface area contributed by atoms with Crippen LogP contribution in [-0.2, 0) is 9.59 Å². The molecule has 0 amide bonds. The molecule has 1 atom stereocenters. The molecular formula is C18H41N3O4. The van der Waals surface area contributed by atoms with E-state index in [9.17, 15) is 19.8 Å². The number of carboxylic acids is 2. The summed E-state index contributed by atoms with van der Waals surface area (Å²) in [7, 11) is 0. The molecule has 0 saturated heterocycles. The third-order valence-electron chi connectivity index (χ3n) is 4.08. The number of carbonyl (C=O) groups excluding carboxylic acids is 2. The van der Waals surface area contributed by atoms with Crippen LogP contribution in [0.1, 0.15) is 90.4 Å². The van der Waals surface area contributed by atoms with Gasteiger partial charge in [0.2, 0.25) is 0 Å². The number of carbonyl (C=O) groups is 2. The lowest BCUT2D eigenvalue weighted by Crippen LogP contribution is -2.48. The molecule has 152 valence electrons. The fourth-order valence-corrected chi connectivity index (χ4v) is 2.65. The summed E-state index contributed by atoms with van der Waals surface area (Å²) in [6.45, 7) is 2.74. The molecule has 0 spiro atoms. The summed E-state index contributed by atoms with van der Waals surface area (Å²) in [5.41, 5.74) is 0. The number of nitrogens with one attached hydrogen (secondary N) is 1. The molecule has 0 bridgehead atoms. The largest absolute Gasteiger partial charge is 0.550 e. The first-order chi connectivity index (χ1) is 11.1. The molecule has 0 rings (SSSR count). The van der Waals surface area contributed by atoms with Crippen molar-refractivity contribution in [2.45, 2.75) is 96.4 Å². The van der Waals surface area contributed by atoms with Crippen molar-refractivity contribution in [3.8, 4) is 0 Å². The van der Waals surface area contributed by atoms with Crippen LogP contribution in [-0.4, -0.2) is 24.5 Å². The summed E-state index contributed by atoms with van der Waals surface area (Å²) in [6.07, 6.45) is 14.4. The molecule has 0 aliphatic rings. The number of aliphatic carboxylic acids is 2. The second kappa shape index (κ2) is 20.9. The van der Waals surface area contributed by atoms with Crippen molar-refractivity contribution in [2.24, 2.45) is 0 Å². The minimum atomic E-state index is -1.38. The molecule has 7 nitrogen and oxygen atoms in total. The highest BCUT2D eigenvalue weighted by molar-refractivity contribution is 5.78. The van der Waals surface area contributed by atoms with Crippen molar-refractivity contribution in [1.29, 1.82) is 0 Å². The molecule has 0 aliphatic carbocycles. The van der Waals surface area contributed by atoms with Gasteiger partial charge < -0.3 is 37.4 Å². The average molecular weight is 364 g/mol. The van der Waals surface area contributed by atoms with Crippen molar-refractivity contribution < 1.29 is 19.8 Å². The zero-order valence-electron chi connectivity index (χ0n) is 16.6. The molecule has 0 aliphatic heterocycles. The van der Waals surface area contributed by atoms with Crippen LogP contribution in [0.4, 0.5) is 0 Å². The topological polar surface area (TPSA) is 165 Å². The molecule has 7 heteroatoms. The summed E-state index contributed by atoms with van der Waals surface area (Å²) in [6, 6.07) is -1.15. The van der Waals surface area contributed by atoms with Crippen LogP contribution in [0.3, 0.4) is 0 Å². The first-order valence-corrected chi connectivity index (χ1v) is 9.22. The molecule has 0 fully saturated rings. The SMILES string of the molecule is CCCCCCCCCCCCCCN[C@@H](CC(=O)[O-])C(=O)[O-].[NH4+].[NH4+]. The zero-order chi connectivity index (χ0) is 17.3. The van der Waals surface area contributed by atoms with Crippen molar-refractivity contribution in [3.63, 3.8) is 0 Å². The van der Waals surface area contributed by atoms with E-state index in [-0.39, 0.29) is 12.3 Å². The Morgan fingerprint density at radius 1 is 0.760 bits per heavy atom. The predicted molar refractivity (Wildman–Crippen MR) is 99.5 cm³/mol. The molecule has 9 N–H and O–H groups in total. The number of hydrogen-bond donors (Lipinski definition) is 3. The Labute approximate surface area is 153 Å². The second-order valence-corrected chi connectivity index (χ2v) is 6.29. The monoisotopic (exact) mass is 363 g/mol. The number of unbranched alkanes of at least 4 members (excludes halogenated alkanes) is 11. The van der Waals surface area contributed by atoms with Crippen LogP contribution in [0.25, 0.3) is 0 Å². The summed E-state index contributed by atoms with van der Waals surface area (Å²) >= 11 is 0. The standard InChI is InChI=1S/C18H35NO4.2H3N/c1-2-3-4-5-6-7-8-9-10-11-12-13-14-19-16(18(22)23)15-17(20)21;;/h16,19H,2-15H2,1H3,(H,20,21)(H,22,23);2*1H3/t16-;;/m0../s1.